The van der Waals surface area contributed by atoms with Crippen molar-refractivity contribution >= 4 is 17.3 Å². The number of hydrogen-bond acceptors (Lipinski definition) is 2. The molecule has 0 aliphatic carbocycles. The van der Waals surface area contributed by atoms with Gasteiger partial charge in [-0.2, -0.15) is 0 Å². The third-order valence-electron chi connectivity index (χ3n) is 4.22. The van der Waals surface area contributed by atoms with E-state index in [1.165, 1.54) is 4.90 Å². The van der Waals surface area contributed by atoms with E-state index in [1.807, 2.05) is 38.1 Å². The van der Waals surface area contributed by atoms with Crippen LogP contribution in [0, 0.1) is 18.6 Å². The van der Waals surface area contributed by atoms with E-state index in [9.17, 15) is 13.6 Å². The molecule has 2 aromatic rings. The number of halogens is 2. The molecule has 0 spiro atoms. The first kappa shape index (κ1) is 15.5. The summed E-state index contributed by atoms with van der Waals surface area (Å²) in [6, 6.07) is 9.49. The van der Waals surface area contributed by atoms with Crippen molar-refractivity contribution in [2.24, 2.45) is 0 Å². The summed E-state index contributed by atoms with van der Waals surface area (Å²) in [7, 11) is 0. The molecular formula is C18H18F2N2O. The van der Waals surface area contributed by atoms with Gasteiger partial charge in [0.25, 0.3) is 0 Å². The highest BCUT2D eigenvalue weighted by molar-refractivity contribution is 6.04. The van der Waals surface area contributed by atoms with Gasteiger partial charge in [-0.1, -0.05) is 31.2 Å². The third-order valence-corrected chi connectivity index (χ3v) is 4.22. The van der Waals surface area contributed by atoms with Gasteiger partial charge in [0.2, 0.25) is 5.91 Å². The predicted octanol–water partition coefficient (Wildman–Crippen LogP) is 4.01. The van der Waals surface area contributed by atoms with Crippen LogP contribution >= 0.6 is 0 Å². The normalized spacial score (nSPS) is 17.0. The number of benzene rings is 2. The fourth-order valence-corrected chi connectivity index (χ4v) is 2.83. The number of hydrogen-bond donors (Lipinski definition) is 1. The Hall–Kier alpha value is -2.43. The minimum atomic E-state index is -0.955. The maximum absolute atomic E-state index is 13.7. The van der Waals surface area contributed by atoms with Crippen molar-refractivity contribution < 1.29 is 13.6 Å². The summed E-state index contributed by atoms with van der Waals surface area (Å²) in [5.74, 6) is -2.01. The molecule has 3 nitrogen and oxygen atoms in total. The van der Waals surface area contributed by atoms with Crippen LogP contribution in [-0.4, -0.2) is 11.9 Å². The molecule has 120 valence electrons. The molecule has 1 aliphatic rings. The Labute approximate surface area is 133 Å². The second-order valence-electron chi connectivity index (χ2n) is 5.74. The summed E-state index contributed by atoms with van der Waals surface area (Å²) >= 11 is 0. The number of nitrogens with one attached hydrogen (secondary N) is 1. The second-order valence-corrected chi connectivity index (χ2v) is 5.74. The molecular weight excluding hydrogens is 298 g/mol. The van der Waals surface area contributed by atoms with E-state index in [-0.39, 0.29) is 5.91 Å². The summed E-state index contributed by atoms with van der Waals surface area (Å²) in [6.07, 6.45) is 0.571. The monoisotopic (exact) mass is 316 g/mol. The summed E-state index contributed by atoms with van der Waals surface area (Å²) in [4.78, 5) is 14.2. The van der Waals surface area contributed by atoms with E-state index < -0.39 is 17.7 Å². The fourth-order valence-electron chi connectivity index (χ4n) is 2.83. The summed E-state index contributed by atoms with van der Waals surface area (Å²) in [5.41, 5.74) is 2.86. The topological polar surface area (TPSA) is 32.3 Å². The van der Waals surface area contributed by atoms with Gasteiger partial charge in [0.15, 0.2) is 11.6 Å². The molecule has 1 unspecified atom stereocenters. The van der Waals surface area contributed by atoms with Crippen molar-refractivity contribution in [2.75, 3.05) is 10.2 Å². The Morgan fingerprint density at radius 3 is 2.57 bits per heavy atom. The number of anilines is 2. The van der Waals surface area contributed by atoms with Gasteiger partial charge in [-0.05, 0) is 24.5 Å². The fraction of sp³-hybridized carbons (Fsp3) is 0.278. The van der Waals surface area contributed by atoms with Gasteiger partial charge in [0.1, 0.15) is 6.04 Å². The Morgan fingerprint density at radius 1 is 1.17 bits per heavy atom. The van der Waals surface area contributed by atoms with Crippen LogP contribution in [0.15, 0.2) is 36.4 Å². The Kier molecular flexibility index (Phi) is 4.03. The van der Waals surface area contributed by atoms with Crippen molar-refractivity contribution in [2.45, 2.75) is 32.9 Å². The number of fused-ring (bicyclic) bond motifs is 1. The molecule has 1 amide bonds. The lowest BCUT2D eigenvalue weighted by Gasteiger charge is -2.35. The van der Waals surface area contributed by atoms with E-state index >= 15 is 0 Å². The van der Waals surface area contributed by atoms with Crippen LogP contribution in [0.1, 0.15) is 24.5 Å². The molecule has 1 heterocycles. The molecule has 2 aromatic carbocycles. The molecule has 1 N–H and O–H groups in total. The number of carbonyl (C=O) groups is 1. The number of aryl methyl sites for hydroxylation is 1. The van der Waals surface area contributed by atoms with Crippen LogP contribution in [0.5, 0.6) is 0 Å². The number of carbonyl (C=O) groups excluding carboxylic acids is 1. The molecule has 1 atom stereocenters. The highest BCUT2D eigenvalue weighted by Crippen LogP contribution is 2.35. The number of amides is 1. The molecule has 23 heavy (non-hydrogen) atoms. The molecule has 0 radical (unpaired) electrons. The van der Waals surface area contributed by atoms with Gasteiger partial charge in [-0.25, -0.2) is 8.78 Å². The maximum Gasteiger partial charge on any atom is 0.249 e. The summed E-state index contributed by atoms with van der Waals surface area (Å²) in [5, 5.41) is 3.00. The van der Waals surface area contributed by atoms with Crippen molar-refractivity contribution in [3.05, 3.63) is 59.2 Å². The standard InChI is InChI=1S/C18H18F2N2O/c1-3-15-18(23)22(10-12-7-5-4-6-11(12)2)17-9-14(20)13(19)8-16(17)21-15/h4-9,15,21H,3,10H2,1-2H3. The van der Waals surface area contributed by atoms with E-state index in [2.05, 4.69) is 5.32 Å². The first-order chi connectivity index (χ1) is 11.0. The number of rotatable bonds is 3. The van der Waals surface area contributed by atoms with Gasteiger partial charge >= 0.3 is 0 Å². The van der Waals surface area contributed by atoms with Crippen LogP contribution in [-0.2, 0) is 11.3 Å². The van der Waals surface area contributed by atoms with Crippen molar-refractivity contribution in [1.82, 2.24) is 0 Å². The van der Waals surface area contributed by atoms with Gasteiger partial charge in [-0.3, -0.25) is 4.79 Å². The van der Waals surface area contributed by atoms with Crippen LogP contribution < -0.4 is 10.2 Å². The lowest BCUT2D eigenvalue weighted by atomic mass is 10.0. The molecule has 0 fully saturated rings. The van der Waals surface area contributed by atoms with Crippen molar-refractivity contribution in [3.8, 4) is 0 Å². The quantitative estimate of drug-likeness (QED) is 0.928. The minimum Gasteiger partial charge on any atom is -0.372 e. The average molecular weight is 316 g/mol. The van der Waals surface area contributed by atoms with Crippen molar-refractivity contribution in [3.63, 3.8) is 0 Å². The SMILES string of the molecule is CCC1Nc2cc(F)c(F)cc2N(Cc2ccccc2C)C1=O. The van der Waals surface area contributed by atoms with E-state index in [4.69, 9.17) is 0 Å². The van der Waals surface area contributed by atoms with Gasteiger partial charge < -0.3 is 10.2 Å². The Bertz CT molecular complexity index is 761. The molecule has 0 bridgehead atoms. The Morgan fingerprint density at radius 2 is 1.87 bits per heavy atom. The zero-order chi connectivity index (χ0) is 16.6. The van der Waals surface area contributed by atoms with E-state index in [1.54, 1.807) is 0 Å². The second kappa shape index (κ2) is 5.99. The average Bonchev–Trinajstić information content (AvgIpc) is 2.53. The largest absolute Gasteiger partial charge is 0.372 e. The van der Waals surface area contributed by atoms with Crippen LogP contribution in [0.3, 0.4) is 0 Å². The summed E-state index contributed by atoms with van der Waals surface area (Å²) < 4.78 is 27.2. The smallest absolute Gasteiger partial charge is 0.249 e. The third kappa shape index (κ3) is 2.79. The minimum absolute atomic E-state index is 0.130. The first-order valence-corrected chi connectivity index (χ1v) is 7.62. The van der Waals surface area contributed by atoms with Gasteiger partial charge in [0, 0.05) is 12.1 Å². The highest BCUT2D eigenvalue weighted by atomic mass is 19.2. The van der Waals surface area contributed by atoms with Crippen LogP contribution in [0.2, 0.25) is 0 Å². The predicted molar refractivity (Wildman–Crippen MR) is 86.4 cm³/mol. The molecule has 3 rings (SSSR count). The summed E-state index contributed by atoms with van der Waals surface area (Å²) in [6.45, 7) is 4.18. The molecule has 1 aliphatic heterocycles. The highest BCUT2D eigenvalue weighted by Gasteiger charge is 2.32. The molecule has 0 saturated carbocycles. The van der Waals surface area contributed by atoms with Gasteiger partial charge in [-0.15, -0.1) is 0 Å². The van der Waals surface area contributed by atoms with E-state index in [0.717, 1.165) is 23.3 Å². The molecule has 5 heteroatoms. The first-order valence-electron chi connectivity index (χ1n) is 7.62. The van der Waals surface area contributed by atoms with Gasteiger partial charge in [0.05, 0.1) is 17.9 Å². The maximum atomic E-state index is 13.7. The zero-order valence-corrected chi connectivity index (χ0v) is 13.1. The van der Waals surface area contributed by atoms with Crippen LogP contribution in [0.4, 0.5) is 20.2 Å². The lowest BCUT2D eigenvalue weighted by Crippen LogP contribution is -2.46. The van der Waals surface area contributed by atoms with Crippen molar-refractivity contribution in [1.29, 1.82) is 0 Å². The lowest BCUT2D eigenvalue weighted by molar-refractivity contribution is -0.119. The number of nitrogens with zero attached hydrogens (tertiary/aromatic N) is 1. The molecule has 0 aromatic heterocycles. The van der Waals surface area contributed by atoms with Crippen LogP contribution in [0.25, 0.3) is 0 Å². The van der Waals surface area contributed by atoms with E-state index in [0.29, 0.717) is 24.3 Å². The zero-order valence-electron chi connectivity index (χ0n) is 13.1. The Balaban J connectivity index is 2.06. The molecule has 0 saturated heterocycles.